The Morgan fingerprint density at radius 2 is 1.83 bits per heavy atom. The summed E-state index contributed by atoms with van der Waals surface area (Å²) in [5.74, 6) is -1.79. The van der Waals surface area contributed by atoms with Gasteiger partial charge < -0.3 is 20.6 Å². The lowest BCUT2D eigenvalue weighted by atomic mass is 9.91. The van der Waals surface area contributed by atoms with Gasteiger partial charge in [-0.25, -0.2) is 4.79 Å². The van der Waals surface area contributed by atoms with Gasteiger partial charge in [-0.15, -0.1) is 0 Å². The molecule has 0 fully saturated rings. The number of aliphatic hydroxyl groups excluding tert-OH is 1. The topological polar surface area (TPSA) is 107 Å². The number of carbonyl (C=O) groups excluding carboxylic acids is 1. The lowest BCUT2D eigenvalue weighted by Crippen LogP contribution is -2.58. The quantitative estimate of drug-likeness (QED) is 0.585. The summed E-state index contributed by atoms with van der Waals surface area (Å²) < 4.78 is 0. The zero-order chi connectivity index (χ0) is 13.8. The average Bonchev–Trinajstić information content (AvgIpc) is 2.30. The summed E-state index contributed by atoms with van der Waals surface area (Å²) in [5, 5.41) is 29.8. The van der Waals surface area contributed by atoms with Gasteiger partial charge in [0.15, 0.2) is 5.54 Å². The molecule has 0 heterocycles. The van der Waals surface area contributed by atoms with E-state index >= 15 is 0 Å². The molecular formula is C12H15NO5. The van der Waals surface area contributed by atoms with Crippen LogP contribution in [-0.2, 0) is 16.0 Å². The zero-order valence-electron chi connectivity index (χ0n) is 9.88. The number of phenolic OH excluding ortho intramolecular Hbond substituents is 1. The fraction of sp³-hybridized carbons (Fsp3) is 0.333. The summed E-state index contributed by atoms with van der Waals surface area (Å²) in [6.07, 6.45) is -0.0707. The van der Waals surface area contributed by atoms with E-state index in [1.807, 2.05) is 0 Å². The predicted molar refractivity (Wildman–Crippen MR) is 63.1 cm³/mol. The van der Waals surface area contributed by atoms with E-state index in [9.17, 15) is 14.7 Å². The molecule has 0 spiro atoms. The molecule has 18 heavy (non-hydrogen) atoms. The molecule has 1 rings (SSSR count). The minimum absolute atomic E-state index is 0.0585. The molecule has 0 aliphatic rings. The van der Waals surface area contributed by atoms with Crippen LogP contribution in [0.3, 0.4) is 0 Å². The van der Waals surface area contributed by atoms with Crippen molar-refractivity contribution < 1.29 is 24.9 Å². The van der Waals surface area contributed by atoms with Gasteiger partial charge in [0.25, 0.3) is 0 Å². The number of nitrogens with one attached hydrogen (secondary N) is 1. The fourth-order valence-electron chi connectivity index (χ4n) is 1.64. The first-order valence-electron chi connectivity index (χ1n) is 5.30. The highest BCUT2D eigenvalue weighted by molar-refractivity contribution is 5.86. The first-order chi connectivity index (χ1) is 8.39. The largest absolute Gasteiger partial charge is 0.508 e. The Kier molecular flexibility index (Phi) is 4.28. The van der Waals surface area contributed by atoms with Gasteiger partial charge in [-0.05, 0) is 17.7 Å². The van der Waals surface area contributed by atoms with Gasteiger partial charge in [0.1, 0.15) is 5.75 Å². The third-order valence-corrected chi connectivity index (χ3v) is 2.54. The van der Waals surface area contributed by atoms with Crippen LogP contribution in [0, 0.1) is 0 Å². The Labute approximate surface area is 104 Å². The van der Waals surface area contributed by atoms with E-state index in [2.05, 4.69) is 5.32 Å². The van der Waals surface area contributed by atoms with Crippen molar-refractivity contribution in [1.29, 1.82) is 0 Å². The molecule has 0 aliphatic heterocycles. The normalized spacial score (nSPS) is 13.7. The molecule has 0 saturated carbocycles. The van der Waals surface area contributed by atoms with Gasteiger partial charge in [0.2, 0.25) is 5.91 Å². The maximum atomic E-state index is 11.2. The molecule has 0 saturated heterocycles. The van der Waals surface area contributed by atoms with Crippen molar-refractivity contribution in [2.24, 2.45) is 0 Å². The molecule has 1 aromatic carbocycles. The highest BCUT2D eigenvalue weighted by atomic mass is 16.4. The Hall–Kier alpha value is -2.08. The summed E-state index contributed by atoms with van der Waals surface area (Å²) in [5.41, 5.74) is -1.17. The van der Waals surface area contributed by atoms with Gasteiger partial charge in [-0.1, -0.05) is 12.1 Å². The van der Waals surface area contributed by atoms with Crippen molar-refractivity contribution in [1.82, 2.24) is 5.32 Å². The van der Waals surface area contributed by atoms with E-state index < -0.39 is 24.0 Å². The highest BCUT2D eigenvalue weighted by Gasteiger charge is 2.39. The van der Waals surface area contributed by atoms with Crippen LogP contribution in [0.5, 0.6) is 5.75 Å². The minimum Gasteiger partial charge on any atom is -0.508 e. The van der Waals surface area contributed by atoms with Crippen molar-refractivity contribution in [3.05, 3.63) is 29.8 Å². The summed E-state index contributed by atoms with van der Waals surface area (Å²) in [4.78, 5) is 22.3. The van der Waals surface area contributed by atoms with Gasteiger partial charge in [-0.3, -0.25) is 4.79 Å². The van der Waals surface area contributed by atoms with Crippen LogP contribution < -0.4 is 5.32 Å². The van der Waals surface area contributed by atoms with Crippen molar-refractivity contribution in [3.63, 3.8) is 0 Å². The second-order valence-corrected chi connectivity index (χ2v) is 4.07. The second-order valence-electron chi connectivity index (χ2n) is 4.07. The molecule has 1 unspecified atom stereocenters. The molecule has 4 N–H and O–H groups in total. The van der Waals surface area contributed by atoms with Crippen LogP contribution in [0.4, 0.5) is 0 Å². The fourth-order valence-corrected chi connectivity index (χ4v) is 1.64. The summed E-state index contributed by atoms with van der Waals surface area (Å²) in [6.45, 7) is 0.465. The molecular weight excluding hydrogens is 238 g/mol. The van der Waals surface area contributed by atoms with Crippen LogP contribution >= 0.6 is 0 Å². The van der Waals surface area contributed by atoms with Gasteiger partial charge >= 0.3 is 5.97 Å². The van der Waals surface area contributed by atoms with Gasteiger partial charge in [0, 0.05) is 13.3 Å². The molecule has 1 aromatic rings. The SMILES string of the molecule is CC(=O)NC(CO)(Cc1ccc(O)cc1)C(=O)O. The average molecular weight is 253 g/mol. The molecule has 0 aliphatic carbocycles. The van der Waals surface area contributed by atoms with Crippen LogP contribution in [0.1, 0.15) is 12.5 Å². The molecule has 98 valence electrons. The molecule has 6 heteroatoms. The number of hydrogen-bond acceptors (Lipinski definition) is 4. The number of aliphatic carboxylic acids is 1. The van der Waals surface area contributed by atoms with Crippen molar-refractivity contribution in [2.45, 2.75) is 18.9 Å². The third kappa shape index (κ3) is 3.21. The lowest BCUT2D eigenvalue weighted by molar-refractivity contribution is -0.149. The highest BCUT2D eigenvalue weighted by Crippen LogP contribution is 2.17. The summed E-state index contributed by atoms with van der Waals surface area (Å²) >= 11 is 0. The van der Waals surface area contributed by atoms with E-state index in [1.54, 1.807) is 0 Å². The van der Waals surface area contributed by atoms with Crippen molar-refractivity contribution >= 4 is 11.9 Å². The Bertz CT molecular complexity index is 442. The van der Waals surface area contributed by atoms with Crippen LogP contribution in [-0.4, -0.2) is 39.3 Å². The molecule has 1 atom stereocenters. The number of amides is 1. The molecule has 1 amide bonds. The summed E-state index contributed by atoms with van der Waals surface area (Å²) in [7, 11) is 0. The summed E-state index contributed by atoms with van der Waals surface area (Å²) in [6, 6.07) is 5.88. The molecule has 0 radical (unpaired) electrons. The Balaban J connectivity index is 3.00. The zero-order valence-corrected chi connectivity index (χ0v) is 9.88. The number of phenols is 1. The standard InChI is InChI=1S/C12H15NO5/c1-8(15)13-12(7-14,11(17)18)6-9-2-4-10(16)5-3-9/h2-5,14,16H,6-7H2,1H3,(H,13,15)(H,17,18). The monoisotopic (exact) mass is 253 g/mol. The Morgan fingerprint density at radius 3 is 2.22 bits per heavy atom. The number of carboxylic acids is 1. The Morgan fingerprint density at radius 1 is 1.28 bits per heavy atom. The van der Waals surface area contributed by atoms with Crippen LogP contribution in [0.2, 0.25) is 0 Å². The lowest BCUT2D eigenvalue weighted by Gasteiger charge is -2.28. The van der Waals surface area contributed by atoms with Gasteiger partial charge in [0.05, 0.1) is 6.61 Å². The number of benzene rings is 1. The number of aliphatic hydroxyl groups is 1. The van der Waals surface area contributed by atoms with E-state index in [0.29, 0.717) is 5.56 Å². The smallest absolute Gasteiger partial charge is 0.332 e. The number of carbonyl (C=O) groups is 2. The minimum atomic E-state index is -1.75. The first-order valence-corrected chi connectivity index (χ1v) is 5.30. The van der Waals surface area contributed by atoms with E-state index in [4.69, 9.17) is 10.2 Å². The predicted octanol–water partition coefficient (Wildman–Crippen LogP) is -0.114. The van der Waals surface area contributed by atoms with Gasteiger partial charge in [-0.2, -0.15) is 0 Å². The number of carboxylic acid groups (broad SMARTS) is 1. The van der Waals surface area contributed by atoms with Crippen LogP contribution in [0.15, 0.2) is 24.3 Å². The van der Waals surface area contributed by atoms with Crippen molar-refractivity contribution in [2.75, 3.05) is 6.61 Å². The third-order valence-electron chi connectivity index (χ3n) is 2.54. The number of rotatable bonds is 5. The van der Waals surface area contributed by atoms with E-state index in [1.165, 1.54) is 31.2 Å². The second kappa shape index (κ2) is 5.50. The van der Waals surface area contributed by atoms with E-state index in [0.717, 1.165) is 0 Å². The number of hydrogen-bond donors (Lipinski definition) is 4. The maximum absolute atomic E-state index is 11.2. The first kappa shape index (κ1) is 14.0. The molecule has 6 nitrogen and oxygen atoms in total. The number of aromatic hydroxyl groups is 1. The van der Waals surface area contributed by atoms with Crippen LogP contribution in [0.25, 0.3) is 0 Å². The van der Waals surface area contributed by atoms with Crippen molar-refractivity contribution in [3.8, 4) is 5.75 Å². The maximum Gasteiger partial charge on any atom is 0.332 e. The molecule has 0 bridgehead atoms. The van der Waals surface area contributed by atoms with E-state index in [-0.39, 0.29) is 12.2 Å². The molecule has 0 aromatic heterocycles.